The lowest BCUT2D eigenvalue weighted by Gasteiger charge is -2.11. The summed E-state index contributed by atoms with van der Waals surface area (Å²) in [4.78, 5) is 0.826. The van der Waals surface area contributed by atoms with E-state index in [1.807, 2.05) is 13.8 Å². The van der Waals surface area contributed by atoms with Gasteiger partial charge >= 0.3 is 0 Å². The number of anilines is 1. The Bertz CT molecular complexity index is 868. The van der Waals surface area contributed by atoms with Crippen LogP contribution in [0.5, 0.6) is 0 Å². The molecule has 0 aromatic carbocycles. The van der Waals surface area contributed by atoms with Crippen molar-refractivity contribution >= 4 is 27.2 Å². The molecule has 0 atom stereocenters. The molecule has 2 N–H and O–H groups in total. The van der Waals surface area contributed by atoms with Crippen LogP contribution in [-0.2, 0) is 29.4 Å². The largest absolute Gasteiger partial charge is 0.363 e. The summed E-state index contributed by atoms with van der Waals surface area (Å²) in [5, 5.41) is 20.8. The van der Waals surface area contributed by atoms with Crippen molar-refractivity contribution in [3.8, 4) is 6.07 Å². The molecule has 0 amide bonds. The van der Waals surface area contributed by atoms with Gasteiger partial charge in [0.05, 0.1) is 12.2 Å². The molecule has 0 bridgehead atoms. The summed E-state index contributed by atoms with van der Waals surface area (Å²) in [5.74, 6) is 0.429. The highest BCUT2D eigenvalue weighted by Gasteiger charge is 2.16. The molecule has 9 heteroatoms. The first-order valence-corrected chi connectivity index (χ1v) is 9.81. The number of aromatic nitrogens is 2. The van der Waals surface area contributed by atoms with E-state index in [9.17, 15) is 13.7 Å². The first kappa shape index (κ1) is 18.3. The van der Waals surface area contributed by atoms with Crippen LogP contribution in [0.15, 0.2) is 16.3 Å². The van der Waals surface area contributed by atoms with Crippen molar-refractivity contribution in [1.82, 2.24) is 14.9 Å². The molecule has 0 aliphatic carbocycles. The second-order valence-electron chi connectivity index (χ2n) is 4.95. The van der Waals surface area contributed by atoms with Gasteiger partial charge in [-0.25, -0.2) is 13.1 Å². The van der Waals surface area contributed by atoms with E-state index < -0.39 is 10.0 Å². The number of nitrogens with zero attached hydrogens (tertiary/aromatic N) is 3. The summed E-state index contributed by atoms with van der Waals surface area (Å²) in [6.07, 6.45) is 1.43. The average molecular weight is 365 g/mol. The minimum Gasteiger partial charge on any atom is -0.363 e. The van der Waals surface area contributed by atoms with Crippen molar-refractivity contribution in [1.29, 1.82) is 5.26 Å². The maximum atomic E-state index is 11.8. The number of hydrogen-bond donors (Lipinski definition) is 2. The van der Waals surface area contributed by atoms with E-state index in [-0.39, 0.29) is 4.21 Å². The van der Waals surface area contributed by atoms with Gasteiger partial charge in [0.15, 0.2) is 5.82 Å². The van der Waals surface area contributed by atoms with Crippen LogP contribution < -0.4 is 10.0 Å². The summed E-state index contributed by atoms with van der Waals surface area (Å²) in [7, 11) is -2.05. The Balaban J connectivity index is 2.23. The molecule has 24 heavy (non-hydrogen) atoms. The van der Waals surface area contributed by atoms with Crippen LogP contribution in [0.4, 0.5) is 5.82 Å². The average Bonchev–Trinajstić information content (AvgIpc) is 3.08. The van der Waals surface area contributed by atoms with Crippen molar-refractivity contribution in [2.75, 3.05) is 12.4 Å². The molecule has 2 aromatic rings. The highest BCUT2D eigenvalue weighted by Crippen LogP contribution is 2.24. The smallest absolute Gasteiger partial charge is 0.249 e. The SMILES string of the molecule is CCc1nnc(NCc2ccc(S(=O)(=O)NC)s2)c(C#N)c1CC. The van der Waals surface area contributed by atoms with Gasteiger partial charge in [0.2, 0.25) is 10.0 Å². The topological polar surface area (TPSA) is 108 Å². The Labute approximate surface area is 145 Å². The first-order chi connectivity index (χ1) is 11.5. The number of aryl methyl sites for hydroxylation is 1. The molecule has 2 heterocycles. The molecule has 0 saturated carbocycles. The van der Waals surface area contributed by atoms with Crippen LogP contribution in [-0.4, -0.2) is 25.7 Å². The number of rotatable bonds is 7. The molecule has 0 spiro atoms. The maximum absolute atomic E-state index is 11.8. The molecule has 7 nitrogen and oxygen atoms in total. The maximum Gasteiger partial charge on any atom is 0.249 e. The monoisotopic (exact) mass is 365 g/mol. The van der Waals surface area contributed by atoms with Gasteiger partial charge in [-0.1, -0.05) is 13.8 Å². The third kappa shape index (κ3) is 3.72. The normalized spacial score (nSPS) is 11.2. The van der Waals surface area contributed by atoms with Crippen LogP contribution in [0.1, 0.15) is 35.5 Å². The molecule has 0 saturated heterocycles. The second-order valence-corrected chi connectivity index (χ2v) is 8.23. The molecule has 128 valence electrons. The number of hydrogen-bond acceptors (Lipinski definition) is 7. The van der Waals surface area contributed by atoms with E-state index in [0.717, 1.165) is 22.6 Å². The third-order valence-electron chi connectivity index (χ3n) is 3.56. The van der Waals surface area contributed by atoms with Gasteiger partial charge in [-0.05, 0) is 37.6 Å². The van der Waals surface area contributed by atoms with Gasteiger partial charge in [-0.15, -0.1) is 16.4 Å². The van der Waals surface area contributed by atoms with Gasteiger partial charge < -0.3 is 5.32 Å². The predicted octanol–water partition coefficient (Wildman–Crippen LogP) is 2.05. The van der Waals surface area contributed by atoms with Crippen molar-refractivity contribution < 1.29 is 8.42 Å². The first-order valence-electron chi connectivity index (χ1n) is 7.51. The lowest BCUT2D eigenvalue weighted by molar-refractivity contribution is 0.590. The minimum absolute atomic E-state index is 0.254. The van der Waals surface area contributed by atoms with Crippen molar-refractivity contribution in [3.63, 3.8) is 0 Å². The lowest BCUT2D eigenvalue weighted by atomic mass is 10.0. The molecule has 0 aliphatic heterocycles. The van der Waals surface area contributed by atoms with Gasteiger partial charge in [0.1, 0.15) is 15.8 Å². The van der Waals surface area contributed by atoms with E-state index in [4.69, 9.17) is 0 Å². The van der Waals surface area contributed by atoms with Crippen LogP contribution >= 0.6 is 11.3 Å². The highest BCUT2D eigenvalue weighted by molar-refractivity contribution is 7.91. The molecular formula is C15H19N5O2S2. The molecular weight excluding hydrogens is 346 g/mol. The minimum atomic E-state index is -3.43. The molecule has 0 fully saturated rings. The van der Waals surface area contributed by atoms with E-state index in [1.54, 1.807) is 12.1 Å². The van der Waals surface area contributed by atoms with Crippen LogP contribution in [0.2, 0.25) is 0 Å². The Morgan fingerprint density at radius 3 is 2.58 bits per heavy atom. The molecule has 2 aromatic heterocycles. The summed E-state index contributed by atoms with van der Waals surface area (Å²) in [6.45, 7) is 4.34. The van der Waals surface area contributed by atoms with E-state index in [1.165, 1.54) is 18.4 Å². The van der Waals surface area contributed by atoms with Gasteiger partial charge in [-0.2, -0.15) is 10.4 Å². The zero-order valence-corrected chi connectivity index (χ0v) is 15.4. The summed E-state index contributed by atoms with van der Waals surface area (Å²) < 4.78 is 26.1. The lowest BCUT2D eigenvalue weighted by Crippen LogP contribution is -2.17. The highest BCUT2D eigenvalue weighted by atomic mass is 32.2. The number of sulfonamides is 1. The van der Waals surface area contributed by atoms with E-state index in [2.05, 4.69) is 26.3 Å². The zero-order chi connectivity index (χ0) is 17.7. The van der Waals surface area contributed by atoms with Crippen LogP contribution in [0.25, 0.3) is 0 Å². The summed E-state index contributed by atoms with van der Waals surface area (Å²) in [6, 6.07) is 5.49. The summed E-state index contributed by atoms with van der Waals surface area (Å²) in [5.41, 5.74) is 2.24. The molecule has 0 unspecified atom stereocenters. The Morgan fingerprint density at radius 1 is 1.25 bits per heavy atom. The fourth-order valence-electron chi connectivity index (χ4n) is 2.29. The van der Waals surface area contributed by atoms with Gasteiger partial charge in [0, 0.05) is 4.88 Å². The predicted molar refractivity (Wildman–Crippen MR) is 93.4 cm³/mol. The third-order valence-corrected chi connectivity index (χ3v) is 6.55. The van der Waals surface area contributed by atoms with Gasteiger partial charge in [0.25, 0.3) is 0 Å². The zero-order valence-electron chi connectivity index (χ0n) is 13.8. The Hall–Kier alpha value is -2.02. The van der Waals surface area contributed by atoms with Crippen molar-refractivity contribution in [2.45, 2.75) is 37.4 Å². The van der Waals surface area contributed by atoms with E-state index in [0.29, 0.717) is 24.3 Å². The Morgan fingerprint density at radius 2 is 2.00 bits per heavy atom. The van der Waals surface area contributed by atoms with Crippen LogP contribution in [0.3, 0.4) is 0 Å². The summed E-state index contributed by atoms with van der Waals surface area (Å²) >= 11 is 1.17. The fourth-order valence-corrected chi connectivity index (χ4v) is 4.42. The standard InChI is InChI=1S/C15H19N5O2S2/c1-4-11-12(8-16)15(20-19-13(11)5-2)18-9-10-6-7-14(23-10)24(21,22)17-3/h6-7,17H,4-5,9H2,1-3H3,(H,18,20). The fraction of sp³-hybridized carbons (Fsp3) is 0.400. The van der Waals surface area contributed by atoms with Crippen LogP contribution in [0, 0.1) is 11.3 Å². The van der Waals surface area contributed by atoms with E-state index >= 15 is 0 Å². The number of nitriles is 1. The second kappa shape index (κ2) is 7.70. The Kier molecular flexibility index (Phi) is 5.88. The number of nitrogens with one attached hydrogen (secondary N) is 2. The van der Waals surface area contributed by atoms with Gasteiger partial charge in [-0.3, -0.25) is 0 Å². The molecule has 0 aliphatic rings. The number of thiophene rings is 1. The van der Waals surface area contributed by atoms with Crippen molar-refractivity contribution in [2.24, 2.45) is 0 Å². The quantitative estimate of drug-likeness (QED) is 0.777. The van der Waals surface area contributed by atoms with Crippen molar-refractivity contribution in [3.05, 3.63) is 33.8 Å². The molecule has 2 rings (SSSR count). The molecule has 0 radical (unpaired) electrons.